The molecule has 0 spiro atoms. The highest BCUT2D eigenvalue weighted by Gasteiger charge is 2.17. The van der Waals surface area contributed by atoms with Crippen molar-refractivity contribution in [3.8, 4) is 11.1 Å². The van der Waals surface area contributed by atoms with Gasteiger partial charge in [-0.05, 0) is 24.7 Å². The number of rotatable bonds is 6. The third-order valence-corrected chi connectivity index (χ3v) is 5.46. The van der Waals surface area contributed by atoms with Crippen LogP contribution in [0, 0.1) is 6.92 Å². The van der Waals surface area contributed by atoms with E-state index in [1.807, 2.05) is 37.3 Å². The van der Waals surface area contributed by atoms with Crippen LogP contribution >= 0.6 is 23.6 Å². The second-order valence-electron chi connectivity index (χ2n) is 6.68. The van der Waals surface area contributed by atoms with Gasteiger partial charge < -0.3 is 10.2 Å². The van der Waals surface area contributed by atoms with E-state index in [-0.39, 0.29) is 5.56 Å². The lowest BCUT2D eigenvalue weighted by atomic mass is 10.0. The van der Waals surface area contributed by atoms with Crippen molar-refractivity contribution in [3.05, 3.63) is 51.9 Å². The van der Waals surface area contributed by atoms with Crippen LogP contribution in [0.2, 0.25) is 0 Å². The van der Waals surface area contributed by atoms with Gasteiger partial charge in [-0.3, -0.25) is 10.2 Å². The maximum absolute atomic E-state index is 13.1. The van der Waals surface area contributed by atoms with Crippen molar-refractivity contribution < 1.29 is 4.90 Å². The van der Waals surface area contributed by atoms with Gasteiger partial charge in [-0.2, -0.15) is 0 Å². The van der Waals surface area contributed by atoms with Crippen LogP contribution in [-0.4, -0.2) is 42.0 Å². The first-order valence-electron chi connectivity index (χ1n) is 8.87. The topological polar surface area (TPSA) is 63.4 Å². The molecule has 1 aromatic carbocycles. The molecule has 0 aliphatic heterocycles. The fraction of sp³-hybridized carbons (Fsp3) is 0.316. The summed E-state index contributed by atoms with van der Waals surface area (Å²) < 4.78 is 1.35. The number of aromatic nitrogens is 2. The second kappa shape index (κ2) is 8.60. The van der Waals surface area contributed by atoms with E-state index in [9.17, 15) is 4.79 Å². The Morgan fingerprint density at radius 2 is 2.04 bits per heavy atom. The average Bonchev–Trinajstić information content (AvgIpc) is 2.98. The van der Waals surface area contributed by atoms with Gasteiger partial charge in [0.15, 0.2) is 5.11 Å². The molecule has 2 heterocycles. The summed E-state index contributed by atoms with van der Waals surface area (Å²) in [4.78, 5) is 20.7. The molecule has 0 saturated carbocycles. The molecule has 0 aliphatic carbocycles. The molecule has 0 radical (unpaired) electrons. The Morgan fingerprint density at radius 1 is 1.30 bits per heavy atom. The van der Waals surface area contributed by atoms with Gasteiger partial charge in [0.1, 0.15) is 11.2 Å². The summed E-state index contributed by atoms with van der Waals surface area (Å²) in [5, 5.41) is 4.18. The Hall–Kier alpha value is -2.29. The fourth-order valence-electron chi connectivity index (χ4n) is 2.93. The van der Waals surface area contributed by atoms with Crippen molar-refractivity contribution in [2.45, 2.75) is 13.3 Å². The predicted octanol–water partition coefficient (Wildman–Crippen LogP) is 1.39. The molecule has 0 atom stereocenters. The summed E-state index contributed by atoms with van der Waals surface area (Å²) in [7, 11) is 4.23. The summed E-state index contributed by atoms with van der Waals surface area (Å²) in [6.45, 7) is 3.83. The van der Waals surface area contributed by atoms with Crippen molar-refractivity contribution >= 4 is 38.9 Å². The average molecular weight is 403 g/mol. The number of nitrogens with one attached hydrogen (secondary N) is 3. The van der Waals surface area contributed by atoms with Crippen LogP contribution in [0.15, 0.2) is 41.5 Å². The Kier molecular flexibility index (Phi) is 6.20. The van der Waals surface area contributed by atoms with Crippen LogP contribution in [0.5, 0.6) is 0 Å². The van der Waals surface area contributed by atoms with Crippen LogP contribution in [-0.2, 0) is 0 Å². The van der Waals surface area contributed by atoms with E-state index in [0.717, 1.165) is 40.3 Å². The highest BCUT2D eigenvalue weighted by molar-refractivity contribution is 7.80. The minimum atomic E-state index is -0.148. The van der Waals surface area contributed by atoms with Gasteiger partial charge in [0.05, 0.1) is 26.0 Å². The molecule has 0 amide bonds. The minimum absolute atomic E-state index is 0.148. The van der Waals surface area contributed by atoms with Crippen molar-refractivity contribution in [2.24, 2.45) is 0 Å². The second-order valence-corrected chi connectivity index (χ2v) is 8.29. The first-order valence-corrected chi connectivity index (χ1v) is 10.1. The number of aryl methyl sites for hydroxylation is 1. The van der Waals surface area contributed by atoms with Gasteiger partial charge in [-0.1, -0.05) is 30.3 Å². The Morgan fingerprint density at radius 3 is 2.74 bits per heavy atom. The highest BCUT2D eigenvalue weighted by Crippen LogP contribution is 2.35. The Labute approximate surface area is 167 Å². The van der Waals surface area contributed by atoms with E-state index in [1.165, 1.54) is 27.2 Å². The van der Waals surface area contributed by atoms with Gasteiger partial charge in [0.25, 0.3) is 5.56 Å². The number of thiocarbonyl (C=S) groups is 1. The number of nitrogens with zero attached hydrogens (tertiary/aromatic N) is 2. The van der Waals surface area contributed by atoms with Crippen LogP contribution in [0.3, 0.4) is 0 Å². The van der Waals surface area contributed by atoms with Crippen LogP contribution in [0.25, 0.3) is 21.3 Å². The third kappa shape index (κ3) is 4.52. The maximum atomic E-state index is 13.1. The zero-order valence-electron chi connectivity index (χ0n) is 15.7. The fourth-order valence-corrected chi connectivity index (χ4v) is 4.13. The molecule has 0 bridgehead atoms. The number of quaternary nitrogens is 1. The van der Waals surface area contributed by atoms with Crippen molar-refractivity contribution in [2.75, 3.05) is 32.6 Å². The van der Waals surface area contributed by atoms with Crippen molar-refractivity contribution in [3.63, 3.8) is 0 Å². The van der Waals surface area contributed by atoms with Gasteiger partial charge in [-0.15, -0.1) is 11.3 Å². The normalized spacial score (nSPS) is 11.1. The van der Waals surface area contributed by atoms with E-state index < -0.39 is 0 Å². The molecular weight excluding hydrogens is 378 g/mol. The van der Waals surface area contributed by atoms with Crippen LogP contribution in [0.4, 0.5) is 0 Å². The molecule has 8 heteroatoms. The lowest BCUT2D eigenvalue weighted by Gasteiger charge is -2.13. The molecular formula is C19H24N5OS2+. The van der Waals surface area contributed by atoms with E-state index in [1.54, 1.807) is 0 Å². The van der Waals surface area contributed by atoms with E-state index in [2.05, 4.69) is 29.8 Å². The number of thiophene rings is 1. The minimum Gasteiger partial charge on any atom is -0.361 e. The lowest BCUT2D eigenvalue weighted by molar-refractivity contribution is -0.858. The molecule has 3 rings (SSSR count). The van der Waals surface area contributed by atoms with E-state index in [0.29, 0.717) is 10.5 Å². The number of hydrogen-bond donors (Lipinski definition) is 3. The van der Waals surface area contributed by atoms with Gasteiger partial charge in [0.2, 0.25) is 0 Å². The lowest BCUT2D eigenvalue weighted by Crippen LogP contribution is -3.05. The van der Waals surface area contributed by atoms with Crippen LogP contribution in [0.1, 0.15) is 11.3 Å². The molecule has 142 valence electrons. The summed E-state index contributed by atoms with van der Waals surface area (Å²) in [5.74, 6) is 0. The molecule has 0 aliphatic rings. The van der Waals surface area contributed by atoms with Crippen molar-refractivity contribution in [1.82, 2.24) is 15.0 Å². The number of hydrogen-bond acceptors (Lipinski definition) is 4. The summed E-state index contributed by atoms with van der Waals surface area (Å²) in [5.41, 5.74) is 4.75. The molecule has 6 nitrogen and oxygen atoms in total. The van der Waals surface area contributed by atoms with Gasteiger partial charge in [0, 0.05) is 23.4 Å². The summed E-state index contributed by atoms with van der Waals surface area (Å²) in [6, 6.07) is 9.93. The Balaban J connectivity index is 1.85. The molecule has 27 heavy (non-hydrogen) atoms. The highest BCUT2D eigenvalue weighted by atomic mass is 32.1. The Bertz CT molecular complexity index is 994. The quantitative estimate of drug-likeness (QED) is 0.430. The zero-order chi connectivity index (χ0) is 19.4. The van der Waals surface area contributed by atoms with E-state index >= 15 is 0 Å². The molecule has 2 aromatic heterocycles. The van der Waals surface area contributed by atoms with Gasteiger partial charge >= 0.3 is 0 Å². The SMILES string of the molecule is Cc1sc2ncn(NC(=S)NCCC[NH+](C)C)c(=O)c2c1-c1ccccc1. The smallest absolute Gasteiger partial charge is 0.281 e. The van der Waals surface area contributed by atoms with E-state index in [4.69, 9.17) is 12.2 Å². The van der Waals surface area contributed by atoms with Gasteiger partial charge in [-0.25, -0.2) is 9.66 Å². The monoisotopic (exact) mass is 402 g/mol. The maximum Gasteiger partial charge on any atom is 0.281 e. The molecule has 3 N–H and O–H groups in total. The van der Waals surface area contributed by atoms with Crippen LogP contribution < -0.4 is 21.2 Å². The summed E-state index contributed by atoms with van der Waals surface area (Å²) >= 11 is 6.85. The standard InChI is InChI=1S/C19H23N5OS2/c1-13-15(14-8-5-4-6-9-14)16-17(27-13)21-12-24(18(16)25)22-19(26)20-10-7-11-23(2)3/h4-6,8-9,12H,7,10-11H2,1-3H3,(H2,20,22,26)/p+1. The molecule has 0 fully saturated rings. The molecule has 0 saturated heterocycles. The number of fused-ring (bicyclic) bond motifs is 1. The summed E-state index contributed by atoms with van der Waals surface area (Å²) in [6.07, 6.45) is 2.49. The first kappa shape index (κ1) is 19.5. The zero-order valence-corrected chi connectivity index (χ0v) is 17.3. The number of benzene rings is 1. The first-order chi connectivity index (χ1) is 13.0. The molecule has 0 unspecified atom stereocenters. The predicted molar refractivity (Wildman–Crippen MR) is 116 cm³/mol. The third-order valence-electron chi connectivity index (χ3n) is 4.21. The largest absolute Gasteiger partial charge is 0.361 e. The van der Waals surface area contributed by atoms with Crippen molar-refractivity contribution in [1.29, 1.82) is 0 Å². The molecule has 3 aromatic rings.